The van der Waals surface area contributed by atoms with Crippen LogP contribution in [0.2, 0.25) is 10.0 Å². The van der Waals surface area contributed by atoms with E-state index in [0.29, 0.717) is 32.7 Å². The molecular weight excluding hydrogens is 327 g/mol. The van der Waals surface area contributed by atoms with Gasteiger partial charge in [0.05, 0.1) is 19.8 Å². The first-order valence-electron chi connectivity index (χ1n) is 6.37. The molecule has 2 aromatic rings. The lowest BCUT2D eigenvalue weighted by Crippen LogP contribution is -2.06. The molecule has 0 aliphatic heterocycles. The molecule has 0 heterocycles. The van der Waals surface area contributed by atoms with Crippen molar-refractivity contribution in [2.75, 3.05) is 14.2 Å². The summed E-state index contributed by atoms with van der Waals surface area (Å²) in [5, 5.41) is 0.973. The maximum absolute atomic E-state index is 12.1. The van der Waals surface area contributed by atoms with Gasteiger partial charge in [-0.3, -0.25) is 0 Å². The van der Waals surface area contributed by atoms with Crippen molar-refractivity contribution in [3.05, 3.63) is 57.6 Å². The van der Waals surface area contributed by atoms with Crippen LogP contribution in [0.1, 0.15) is 15.9 Å². The van der Waals surface area contributed by atoms with Crippen LogP contribution < -0.4 is 9.47 Å². The van der Waals surface area contributed by atoms with Crippen LogP contribution in [0.4, 0.5) is 0 Å². The van der Waals surface area contributed by atoms with Gasteiger partial charge in [0.25, 0.3) is 0 Å². The molecule has 0 saturated heterocycles. The third-order valence-electron chi connectivity index (χ3n) is 2.96. The van der Waals surface area contributed by atoms with Crippen molar-refractivity contribution >= 4 is 29.2 Å². The Morgan fingerprint density at radius 2 is 1.64 bits per heavy atom. The molecule has 0 bridgehead atoms. The molecule has 4 nitrogen and oxygen atoms in total. The van der Waals surface area contributed by atoms with Crippen molar-refractivity contribution in [1.82, 2.24) is 0 Å². The molecule has 0 spiro atoms. The highest BCUT2D eigenvalue weighted by Gasteiger charge is 2.12. The van der Waals surface area contributed by atoms with Crippen LogP contribution in [-0.4, -0.2) is 20.2 Å². The number of carbonyl (C=O) groups excluding carboxylic acids is 1. The van der Waals surface area contributed by atoms with E-state index in [2.05, 4.69) is 0 Å². The van der Waals surface area contributed by atoms with Crippen molar-refractivity contribution in [2.45, 2.75) is 6.61 Å². The Morgan fingerprint density at radius 1 is 1.00 bits per heavy atom. The van der Waals surface area contributed by atoms with E-state index in [1.54, 1.807) is 36.4 Å². The number of halogens is 2. The molecule has 116 valence electrons. The van der Waals surface area contributed by atoms with Gasteiger partial charge in [-0.1, -0.05) is 29.3 Å². The molecule has 0 aromatic heterocycles. The number of carbonyl (C=O) groups is 1. The maximum Gasteiger partial charge on any atom is 0.338 e. The standard InChI is InChI=1S/C16H14Cl2O4/c1-20-13-5-11(6-14(8-13)21-2)16(19)22-9-10-3-4-12(17)7-15(10)18/h3-8H,9H2,1-2H3. The fourth-order valence-electron chi connectivity index (χ4n) is 1.79. The van der Waals surface area contributed by atoms with E-state index >= 15 is 0 Å². The molecule has 0 aliphatic carbocycles. The molecule has 0 unspecified atom stereocenters. The number of hydrogen-bond acceptors (Lipinski definition) is 4. The number of rotatable bonds is 5. The molecule has 0 N–H and O–H groups in total. The van der Waals surface area contributed by atoms with Crippen molar-refractivity contribution in [3.8, 4) is 11.5 Å². The summed E-state index contributed by atoms with van der Waals surface area (Å²) in [4.78, 5) is 12.1. The van der Waals surface area contributed by atoms with Crippen molar-refractivity contribution in [2.24, 2.45) is 0 Å². The zero-order valence-electron chi connectivity index (χ0n) is 12.1. The van der Waals surface area contributed by atoms with Crippen LogP contribution >= 0.6 is 23.2 Å². The van der Waals surface area contributed by atoms with E-state index in [0.717, 1.165) is 0 Å². The number of benzene rings is 2. The Morgan fingerprint density at radius 3 is 2.18 bits per heavy atom. The van der Waals surface area contributed by atoms with Gasteiger partial charge in [-0.25, -0.2) is 4.79 Å². The highest BCUT2D eigenvalue weighted by molar-refractivity contribution is 6.35. The molecule has 22 heavy (non-hydrogen) atoms. The SMILES string of the molecule is COc1cc(OC)cc(C(=O)OCc2ccc(Cl)cc2Cl)c1. The van der Waals surface area contributed by atoms with Crippen molar-refractivity contribution in [3.63, 3.8) is 0 Å². The number of hydrogen-bond donors (Lipinski definition) is 0. The smallest absolute Gasteiger partial charge is 0.338 e. The van der Waals surface area contributed by atoms with Gasteiger partial charge in [0.1, 0.15) is 18.1 Å². The van der Waals surface area contributed by atoms with E-state index < -0.39 is 5.97 Å². The molecule has 2 rings (SSSR count). The summed E-state index contributed by atoms with van der Waals surface area (Å²) in [6.45, 7) is 0.0500. The van der Waals surface area contributed by atoms with Crippen LogP contribution in [0, 0.1) is 0 Å². The maximum atomic E-state index is 12.1. The van der Waals surface area contributed by atoms with E-state index in [1.807, 2.05) is 0 Å². The van der Waals surface area contributed by atoms with Gasteiger partial charge in [0.15, 0.2) is 0 Å². The first-order chi connectivity index (χ1) is 10.5. The highest BCUT2D eigenvalue weighted by atomic mass is 35.5. The Hall–Kier alpha value is -1.91. The third-order valence-corrected chi connectivity index (χ3v) is 3.55. The van der Waals surface area contributed by atoms with Gasteiger partial charge in [0.2, 0.25) is 0 Å². The normalized spacial score (nSPS) is 10.2. The van der Waals surface area contributed by atoms with Crippen LogP contribution in [0.5, 0.6) is 11.5 Å². The second-order valence-corrected chi connectivity index (χ2v) is 5.26. The van der Waals surface area contributed by atoms with E-state index in [9.17, 15) is 4.79 Å². The minimum atomic E-state index is -0.497. The van der Waals surface area contributed by atoms with Crippen LogP contribution in [0.15, 0.2) is 36.4 Å². The van der Waals surface area contributed by atoms with Crippen LogP contribution in [0.3, 0.4) is 0 Å². The molecule has 0 saturated carbocycles. The Bertz CT molecular complexity index is 664. The van der Waals surface area contributed by atoms with Gasteiger partial charge in [-0.15, -0.1) is 0 Å². The third kappa shape index (κ3) is 4.06. The van der Waals surface area contributed by atoms with Crippen molar-refractivity contribution < 1.29 is 19.0 Å². The zero-order valence-corrected chi connectivity index (χ0v) is 13.6. The lowest BCUT2D eigenvalue weighted by Gasteiger charge is -2.09. The van der Waals surface area contributed by atoms with Gasteiger partial charge in [-0.2, -0.15) is 0 Å². The average Bonchev–Trinajstić information content (AvgIpc) is 2.53. The molecule has 2 aromatic carbocycles. The molecule has 0 aliphatic rings. The van der Waals surface area contributed by atoms with Gasteiger partial charge < -0.3 is 14.2 Å². The molecule has 0 atom stereocenters. The second-order valence-electron chi connectivity index (χ2n) is 4.41. The summed E-state index contributed by atoms with van der Waals surface area (Å²) in [6.07, 6.45) is 0. The number of methoxy groups -OCH3 is 2. The summed E-state index contributed by atoms with van der Waals surface area (Å²) in [5.41, 5.74) is 1.01. The fourth-order valence-corrected chi connectivity index (χ4v) is 2.25. The van der Waals surface area contributed by atoms with Crippen molar-refractivity contribution in [1.29, 1.82) is 0 Å². The highest BCUT2D eigenvalue weighted by Crippen LogP contribution is 2.24. The first kappa shape index (κ1) is 16.5. The number of esters is 1. The minimum absolute atomic E-state index is 0.0500. The lowest BCUT2D eigenvalue weighted by atomic mass is 10.2. The minimum Gasteiger partial charge on any atom is -0.497 e. The molecule has 0 fully saturated rings. The van der Waals surface area contributed by atoms with E-state index in [-0.39, 0.29) is 6.61 Å². The van der Waals surface area contributed by atoms with E-state index in [1.165, 1.54) is 14.2 Å². The predicted octanol–water partition coefficient (Wildman–Crippen LogP) is 4.37. The Balaban J connectivity index is 2.12. The molecule has 0 radical (unpaired) electrons. The monoisotopic (exact) mass is 340 g/mol. The topological polar surface area (TPSA) is 44.8 Å². The first-order valence-corrected chi connectivity index (χ1v) is 7.13. The fraction of sp³-hybridized carbons (Fsp3) is 0.188. The second kappa shape index (κ2) is 7.38. The summed E-state index contributed by atoms with van der Waals surface area (Å²) < 4.78 is 15.5. The van der Waals surface area contributed by atoms with Crippen LogP contribution in [0.25, 0.3) is 0 Å². The van der Waals surface area contributed by atoms with E-state index in [4.69, 9.17) is 37.4 Å². The molecular formula is C16H14Cl2O4. The van der Waals surface area contributed by atoms with Gasteiger partial charge >= 0.3 is 5.97 Å². The molecule has 6 heteroatoms. The molecule has 0 amide bonds. The summed E-state index contributed by atoms with van der Waals surface area (Å²) in [5.74, 6) is 0.523. The largest absolute Gasteiger partial charge is 0.497 e. The quantitative estimate of drug-likeness (QED) is 0.758. The summed E-state index contributed by atoms with van der Waals surface area (Å²) in [6, 6.07) is 9.83. The van der Waals surface area contributed by atoms with Gasteiger partial charge in [0, 0.05) is 21.7 Å². The summed E-state index contributed by atoms with van der Waals surface area (Å²) >= 11 is 11.9. The lowest BCUT2D eigenvalue weighted by molar-refractivity contribution is 0.0472. The van der Waals surface area contributed by atoms with Crippen LogP contribution in [-0.2, 0) is 11.3 Å². The Kier molecular flexibility index (Phi) is 5.52. The Labute approximate surface area is 138 Å². The summed E-state index contributed by atoms with van der Waals surface area (Å²) in [7, 11) is 3.02. The zero-order chi connectivity index (χ0) is 16.1. The van der Waals surface area contributed by atoms with Gasteiger partial charge in [-0.05, 0) is 24.3 Å². The predicted molar refractivity (Wildman–Crippen MR) is 85.1 cm³/mol. The average molecular weight is 341 g/mol. The number of ether oxygens (including phenoxy) is 3.